The van der Waals surface area contributed by atoms with Gasteiger partial charge in [-0.05, 0) is 61.7 Å². The van der Waals surface area contributed by atoms with Crippen LogP contribution in [-0.4, -0.2) is 38.6 Å². The van der Waals surface area contributed by atoms with Crippen molar-refractivity contribution < 1.29 is 21.9 Å². The maximum Gasteiger partial charge on any atom is 0.421 e. The Kier molecular flexibility index (Phi) is 10.3. The highest BCUT2D eigenvalue weighted by Gasteiger charge is 2.35. The summed E-state index contributed by atoms with van der Waals surface area (Å²) >= 11 is -2.46. The molecule has 8 nitrogen and oxygen atoms in total. The summed E-state index contributed by atoms with van der Waals surface area (Å²) in [6.07, 6.45) is 1.85. The molecular formula is C24H33BF3N6O2S-. The molecule has 0 saturated heterocycles. The van der Waals surface area contributed by atoms with Crippen molar-refractivity contribution in [2.75, 3.05) is 17.2 Å². The van der Waals surface area contributed by atoms with Gasteiger partial charge in [0, 0.05) is 35.7 Å². The normalized spacial score (nSPS) is 23.1. The van der Waals surface area contributed by atoms with Crippen molar-refractivity contribution in [1.82, 2.24) is 14.7 Å². The molecule has 1 aliphatic rings. The highest BCUT2D eigenvalue weighted by Crippen LogP contribution is 2.35. The van der Waals surface area contributed by atoms with E-state index < -0.39 is 28.4 Å². The van der Waals surface area contributed by atoms with E-state index in [1.54, 1.807) is 12.1 Å². The second kappa shape index (κ2) is 13.0. The van der Waals surface area contributed by atoms with Crippen LogP contribution in [0.5, 0.6) is 0 Å². The highest BCUT2D eigenvalue weighted by atomic mass is 32.2. The van der Waals surface area contributed by atoms with E-state index in [-0.39, 0.29) is 23.7 Å². The van der Waals surface area contributed by atoms with Gasteiger partial charge in [-0.3, -0.25) is 8.93 Å². The van der Waals surface area contributed by atoms with Gasteiger partial charge in [-0.2, -0.15) is 18.2 Å². The summed E-state index contributed by atoms with van der Waals surface area (Å²) in [5.41, 5.74) is 5.48. The first-order valence-electron chi connectivity index (χ1n) is 12.4. The van der Waals surface area contributed by atoms with E-state index in [0.29, 0.717) is 37.9 Å². The molecule has 37 heavy (non-hydrogen) atoms. The van der Waals surface area contributed by atoms with Crippen LogP contribution in [0, 0.1) is 5.92 Å². The predicted octanol–water partition coefficient (Wildman–Crippen LogP) is 4.67. The Balaban J connectivity index is 1.70. The minimum Gasteiger partial charge on any atom is -0.760 e. The van der Waals surface area contributed by atoms with Gasteiger partial charge in [-0.15, -0.1) is 0 Å². The highest BCUT2D eigenvalue weighted by molar-refractivity contribution is 7.77. The van der Waals surface area contributed by atoms with Gasteiger partial charge in [0.2, 0.25) is 5.95 Å². The summed E-state index contributed by atoms with van der Waals surface area (Å²) in [5.74, 6) is -0.163. The Morgan fingerprint density at radius 1 is 1.19 bits per heavy atom. The lowest BCUT2D eigenvalue weighted by atomic mass is 9.70. The number of halogens is 3. The molecule has 1 aromatic carbocycles. The summed E-state index contributed by atoms with van der Waals surface area (Å²) in [6.45, 7) is 2.15. The number of rotatable bonds is 8. The van der Waals surface area contributed by atoms with Crippen LogP contribution in [0.4, 0.5) is 30.6 Å². The third kappa shape index (κ3) is 9.24. The fourth-order valence-electron chi connectivity index (χ4n) is 4.52. The first-order valence-corrected chi connectivity index (χ1v) is 13.5. The Morgan fingerprint density at radius 2 is 1.86 bits per heavy atom. The standard InChI is InChI=1S/C24H34BF3N6O2S/c1-16(29)18-8-10-19(11-9-18)32-22-31-15-20(24(26,27)28)21(33-22)30-14-17-6-3-2-4-12-23(25,13-5-7-17)34-37(35)36/h8-11,15-17,34H,2-7,12-14,29H2,1H3,(H,35,36)(H2,30,31,32,33)/p-1/t16-,17?,23?/m1/s1. The molecule has 2 aromatic rings. The molecule has 0 bridgehead atoms. The molecule has 13 heteroatoms. The number of hydrogen-bond acceptors (Lipinski definition) is 7. The molecule has 0 spiro atoms. The van der Waals surface area contributed by atoms with Gasteiger partial charge in [0.1, 0.15) is 11.4 Å². The number of nitrogens with two attached hydrogens (primary N) is 1. The Hall–Kier alpha value is -2.22. The van der Waals surface area contributed by atoms with Crippen molar-refractivity contribution in [2.24, 2.45) is 11.7 Å². The lowest BCUT2D eigenvalue weighted by molar-refractivity contribution is -0.137. The average molecular weight is 537 g/mol. The molecule has 1 aromatic heterocycles. The molecule has 4 atom stereocenters. The van der Waals surface area contributed by atoms with Crippen molar-refractivity contribution in [1.29, 1.82) is 0 Å². The van der Waals surface area contributed by atoms with Crippen molar-refractivity contribution in [3.63, 3.8) is 0 Å². The van der Waals surface area contributed by atoms with Crippen molar-refractivity contribution >= 4 is 36.6 Å². The Bertz CT molecular complexity index is 1040. The van der Waals surface area contributed by atoms with Crippen LogP contribution in [0.25, 0.3) is 0 Å². The summed E-state index contributed by atoms with van der Waals surface area (Å²) in [4.78, 5) is 8.00. The number of aromatic nitrogens is 2. The Labute approximate surface area is 219 Å². The van der Waals surface area contributed by atoms with E-state index in [2.05, 4.69) is 25.3 Å². The van der Waals surface area contributed by atoms with Crippen LogP contribution in [0.2, 0.25) is 0 Å². The van der Waals surface area contributed by atoms with Crippen LogP contribution in [0.15, 0.2) is 30.5 Å². The van der Waals surface area contributed by atoms with Gasteiger partial charge in [0.05, 0.1) is 7.85 Å². The molecule has 1 saturated carbocycles. The zero-order valence-electron chi connectivity index (χ0n) is 20.8. The first kappa shape index (κ1) is 29.3. The fraction of sp³-hybridized carbons (Fsp3) is 0.583. The Morgan fingerprint density at radius 3 is 2.51 bits per heavy atom. The van der Waals surface area contributed by atoms with Crippen molar-refractivity contribution in [3.05, 3.63) is 41.6 Å². The predicted molar refractivity (Wildman–Crippen MR) is 139 cm³/mol. The average Bonchev–Trinajstić information content (AvgIpc) is 2.81. The molecule has 0 amide bonds. The quantitative estimate of drug-likeness (QED) is 0.285. The third-order valence-corrected chi connectivity index (χ3v) is 7.18. The number of nitrogens with one attached hydrogen (secondary N) is 3. The van der Waals surface area contributed by atoms with Gasteiger partial charge < -0.3 is 20.9 Å². The maximum absolute atomic E-state index is 13.7. The van der Waals surface area contributed by atoms with Crippen LogP contribution >= 0.6 is 0 Å². The van der Waals surface area contributed by atoms with E-state index in [1.165, 1.54) is 0 Å². The van der Waals surface area contributed by atoms with Gasteiger partial charge in [0.15, 0.2) is 0 Å². The van der Waals surface area contributed by atoms with Gasteiger partial charge in [-0.1, -0.05) is 37.8 Å². The van der Waals surface area contributed by atoms with Crippen molar-refractivity contribution in [2.45, 2.75) is 75.9 Å². The zero-order chi connectivity index (χ0) is 27.1. The van der Waals surface area contributed by atoms with Gasteiger partial charge in [-0.25, -0.2) is 4.98 Å². The second-order valence-electron chi connectivity index (χ2n) is 9.72. The number of alkyl halides is 3. The molecule has 1 fully saturated rings. The number of nitrogens with zero attached hydrogens (tertiary/aromatic N) is 2. The number of hydrogen-bond donors (Lipinski definition) is 4. The van der Waals surface area contributed by atoms with E-state index in [4.69, 9.17) is 13.6 Å². The molecule has 5 N–H and O–H groups in total. The third-order valence-electron chi connectivity index (χ3n) is 6.60. The SMILES string of the molecule is [B]C1(NS(=O)[O-])CCCCCC(CNc2nc(Nc3ccc([C@@H](C)N)cc3)ncc2C(F)(F)F)CCC1. The minimum atomic E-state index is -4.62. The molecule has 1 aliphatic carbocycles. The monoisotopic (exact) mass is 537 g/mol. The lowest BCUT2D eigenvalue weighted by Gasteiger charge is -2.34. The van der Waals surface area contributed by atoms with E-state index in [0.717, 1.165) is 37.4 Å². The second-order valence-corrected chi connectivity index (χ2v) is 10.4. The molecule has 2 radical (unpaired) electrons. The van der Waals surface area contributed by atoms with Crippen LogP contribution in [0.1, 0.15) is 75.5 Å². The molecule has 3 unspecified atom stereocenters. The van der Waals surface area contributed by atoms with E-state index in [1.807, 2.05) is 19.1 Å². The summed E-state index contributed by atoms with van der Waals surface area (Å²) in [7, 11) is 6.26. The van der Waals surface area contributed by atoms with Crippen LogP contribution in [-0.2, 0) is 17.4 Å². The smallest absolute Gasteiger partial charge is 0.421 e. The molecular weight excluding hydrogens is 504 g/mol. The topological polar surface area (TPSA) is 128 Å². The summed E-state index contributed by atoms with van der Waals surface area (Å²) < 4.78 is 65.7. The van der Waals surface area contributed by atoms with Crippen molar-refractivity contribution in [3.8, 4) is 0 Å². The molecule has 202 valence electrons. The number of benzene rings is 1. The molecule has 1 heterocycles. The maximum atomic E-state index is 13.7. The number of anilines is 3. The largest absolute Gasteiger partial charge is 0.760 e. The van der Waals surface area contributed by atoms with Gasteiger partial charge >= 0.3 is 6.18 Å². The van der Waals surface area contributed by atoms with Crippen LogP contribution < -0.4 is 21.1 Å². The fourth-order valence-corrected chi connectivity index (χ4v) is 5.06. The first-order chi connectivity index (χ1) is 17.4. The van der Waals surface area contributed by atoms with E-state index >= 15 is 0 Å². The minimum absolute atomic E-state index is 0.0413. The van der Waals surface area contributed by atoms with Gasteiger partial charge in [0.25, 0.3) is 0 Å². The summed E-state index contributed by atoms with van der Waals surface area (Å²) in [5, 5.41) is 5.85. The lowest BCUT2D eigenvalue weighted by Crippen LogP contribution is -2.46. The van der Waals surface area contributed by atoms with Crippen LogP contribution in [0.3, 0.4) is 0 Å². The van der Waals surface area contributed by atoms with E-state index in [9.17, 15) is 21.9 Å². The molecule has 0 aliphatic heterocycles. The molecule has 3 rings (SSSR count). The zero-order valence-corrected chi connectivity index (χ0v) is 21.6. The summed E-state index contributed by atoms with van der Waals surface area (Å²) in [6, 6.07) is 7.05.